The van der Waals surface area contributed by atoms with Crippen LogP contribution in [0.1, 0.15) is 80.1 Å². The molecule has 1 aliphatic heterocycles. The number of ether oxygens (including phenoxy) is 2. The zero-order chi connectivity index (χ0) is 17.8. The molecule has 1 atom stereocenters. The molecule has 3 heteroatoms. The molecular weight excluding hydrogens is 298 g/mol. The summed E-state index contributed by atoms with van der Waals surface area (Å²) in [5.74, 6) is 1.34. The van der Waals surface area contributed by atoms with Crippen LogP contribution < -0.4 is 0 Å². The fourth-order valence-corrected chi connectivity index (χ4v) is 4.95. The van der Waals surface area contributed by atoms with Crippen molar-refractivity contribution in [3.05, 3.63) is 0 Å². The van der Waals surface area contributed by atoms with Crippen molar-refractivity contribution in [3.63, 3.8) is 0 Å². The molecule has 2 aliphatic rings. The van der Waals surface area contributed by atoms with E-state index in [0.29, 0.717) is 11.5 Å². The van der Waals surface area contributed by atoms with E-state index in [-0.39, 0.29) is 5.79 Å². The van der Waals surface area contributed by atoms with Gasteiger partial charge in [-0.2, -0.15) is 0 Å². The second-order valence-electron chi connectivity index (χ2n) is 9.14. The highest BCUT2D eigenvalue weighted by molar-refractivity contribution is 4.90. The number of hydrogen-bond donors (Lipinski definition) is 0. The van der Waals surface area contributed by atoms with Crippen LogP contribution in [0.25, 0.3) is 0 Å². The maximum atomic E-state index is 6.42. The third kappa shape index (κ3) is 5.19. The summed E-state index contributed by atoms with van der Waals surface area (Å²) in [5.41, 5.74) is 0.441. The molecule has 24 heavy (non-hydrogen) atoms. The molecule has 142 valence electrons. The van der Waals surface area contributed by atoms with Crippen LogP contribution in [0.5, 0.6) is 0 Å². The molecule has 1 heterocycles. The van der Waals surface area contributed by atoms with Gasteiger partial charge in [-0.1, -0.05) is 41.5 Å². The van der Waals surface area contributed by atoms with E-state index in [1.165, 1.54) is 19.3 Å². The summed E-state index contributed by atoms with van der Waals surface area (Å²) in [6, 6.07) is 0. The second kappa shape index (κ2) is 8.51. The van der Waals surface area contributed by atoms with E-state index >= 15 is 0 Å². The molecule has 0 aromatic heterocycles. The molecule has 0 N–H and O–H groups in total. The first-order chi connectivity index (χ1) is 11.3. The van der Waals surface area contributed by atoms with Crippen LogP contribution in [-0.4, -0.2) is 43.0 Å². The quantitative estimate of drug-likeness (QED) is 0.614. The van der Waals surface area contributed by atoms with Gasteiger partial charge in [0, 0.05) is 19.4 Å². The fraction of sp³-hybridized carbons (Fsp3) is 1.00. The van der Waals surface area contributed by atoms with Crippen molar-refractivity contribution in [1.29, 1.82) is 0 Å². The lowest BCUT2D eigenvalue weighted by atomic mass is 9.66. The van der Waals surface area contributed by atoms with Crippen LogP contribution in [-0.2, 0) is 9.47 Å². The third-order valence-corrected chi connectivity index (χ3v) is 6.36. The Hall–Kier alpha value is -0.120. The number of nitrogens with zero attached hydrogens (tertiary/aromatic N) is 1. The molecule has 1 aliphatic carbocycles. The molecular formula is C21H41NO2. The summed E-state index contributed by atoms with van der Waals surface area (Å²) in [4.78, 5) is 2.47. The summed E-state index contributed by atoms with van der Waals surface area (Å²) in [6.07, 6.45) is 7.39. The van der Waals surface area contributed by atoms with E-state index in [2.05, 4.69) is 46.4 Å². The van der Waals surface area contributed by atoms with E-state index in [4.69, 9.17) is 9.47 Å². The average Bonchev–Trinajstić information content (AvgIpc) is 2.90. The van der Waals surface area contributed by atoms with Gasteiger partial charge in [0.25, 0.3) is 0 Å². The van der Waals surface area contributed by atoms with Gasteiger partial charge < -0.3 is 14.4 Å². The lowest BCUT2D eigenvalue weighted by molar-refractivity contribution is -0.198. The SMILES string of the molecule is CCN(CC)CCC1COC2(CCC(C(C)(C)CC(C)C)CC2)O1. The second-order valence-corrected chi connectivity index (χ2v) is 9.14. The molecule has 1 saturated carbocycles. The van der Waals surface area contributed by atoms with Crippen LogP contribution >= 0.6 is 0 Å². The van der Waals surface area contributed by atoms with E-state index in [1.54, 1.807) is 0 Å². The maximum Gasteiger partial charge on any atom is 0.168 e. The van der Waals surface area contributed by atoms with Gasteiger partial charge in [-0.15, -0.1) is 0 Å². The molecule has 0 radical (unpaired) electrons. The van der Waals surface area contributed by atoms with Gasteiger partial charge in [-0.05, 0) is 56.0 Å². The van der Waals surface area contributed by atoms with Gasteiger partial charge in [-0.25, -0.2) is 0 Å². The number of hydrogen-bond acceptors (Lipinski definition) is 3. The third-order valence-electron chi connectivity index (χ3n) is 6.36. The Balaban J connectivity index is 1.79. The van der Waals surface area contributed by atoms with Crippen LogP contribution in [0.4, 0.5) is 0 Å². The molecule has 1 unspecified atom stereocenters. The van der Waals surface area contributed by atoms with E-state index in [9.17, 15) is 0 Å². The van der Waals surface area contributed by atoms with Gasteiger partial charge in [-0.3, -0.25) is 0 Å². The van der Waals surface area contributed by atoms with Crippen molar-refractivity contribution in [2.24, 2.45) is 17.3 Å². The Morgan fingerprint density at radius 1 is 1.12 bits per heavy atom. The van der Waals surface area contributed by atoms with Crippen molar-refractivity contribution in [2.45, 2.75) is 92.0 Å². The summed E-state index contributed by atoms with van der Waals surface area (Å²) in [7, 11) is 0. The first-order valence-corrected chi connectivity index (χ1v) is 10.3. The predicted molar refractivity (Wildman–Crippen MR) is 101 cm³/mol. The molecule has 2 fully saturated rings. The first kappa shape index (κ1) is 20.2. The maximum absolute atomic E-state index is 6.42. The van der Waals surface area contributed by atoms with E-state index < -0.39 is 0 Å². The molecule has 0 aromatic carbocycles. The summed E-state index contributed by atoms with van der Waals surface area (Å²) >= 11 is 0. The largest absolute Gasteiger partial charge is 0.347 e. The fourth-order valence-electron chi connectivity index (χ4n) is 4.95. The highest BCUT2D eigenvalue weighted by Gasteiger charge is 2.46. The Morgan fingerprint density at radius 3 is 2.29 bits per heavy atom. The Morgan fingerprint density at radius 2 is 1.75 bits per heavy atom. The van der Waals surface area contributed by atoms with Crippen molar-refractivity contribution in [2.75, 3.05) is 26.2 Å². The van der Waals surface area contributed by atoms with Gasteiger partial charge >= 0.3 is 0 Å². The molecule has 1 saturated heterocycles. The standard InChI is InChI=1S/C21H41NO2/c1-7-22(8-2)14-11-19-16-23-21(24-19)12-9-18(10-13-21)20(5,6)15-17(3)4/h17-19H,7-16H2,1-6H3. The zero-order valence-corrected chi connectivity index (χ0v) is 17.1. The lowest BCUT2D eigenvalue weighted by Crippen LogP contribution is -2.40. The van der Waals surface area contributed by atoms with Crippen molar-refractivity contribution >= 4 is 0 Å². The van der Waals surface area contributed by atoms with Gasteiger partial charge in [0.1, 0.15) is 0 Å². The summed E-state index contributed by atoms with van der Waals surface area (Å²) in [6.45, 7) is 18.2. The Kier molecular flexibility index (Phi) is 7.16. The monoisotopic (exact) mass is 339 g/mol. The lowest BCUT2D eigenvalue weighted by Gasteiger charge is -2.43. The van der Waals surface area contributed by atoms with E-state index in [0.717, 1.165) is 57.3 Å². The molecule has 0 amide bonds. The minimum atomic E-state index is -0.252. The Labute approximate surface area is 150 Å². The normalized spacial score (nSPS) is 31.5. The molecule has 1 spiro atoms. The van der Waals surface area contributed by atoms with Gasteiger partial charge in [0.2, 0.25) is 0 Å². The van der Waals surface area contributed by atoms with Crippen LogP contribution in [0.15, 0.2) is 0 Å². The first-order valence-electron chi connectivity index (χ1n) is 10.3. The van der Waals surface area contributed by atoms with E-state index in [1.807, 2.05) is 0 Å². The zero-order valence-electron chi connectivity index (χ0n) is 17.1. The smallest absolute Gasteiger partial charge is 0.168 e. The van der Waals surface area contributed by atoms with Crippen molar-refractivity contribution < 1.29 is 9.47 Å². The summed E-state index contributed by atoms with van der Waals surface area (Å²) < 4.78 is 12.6. The highest BCUT2D eigenvalue weighted by Crippen LogP contribution is 2.48. The molecule has 3 nitrogen and oxygen atoms in total. The molecule has 2 rings (SSSR count). The van der Waals surface area contributed by atoms with Gasteiger partial charge in [0.05, 0.1) is 12.7 Å². The average molecular weight is 340 g/mol. The predicted octanol–water partition coefficient (Wildman–Crippen LogP) is 5.09. The molecule has 0 aromatic rings. The topological polar surface area (TPSA) is 21.7 Å². The highest BCUT2D eigenvalue weighted by atomic mass is 16.7. The van der Waals surface area contributed by atoms with Crippen molar-refractivity contribution in [3.8, 4) is 0 Å². The van der Waals surface area contributed by atoms with Crippen molar-refractivity contribution in [1.82, 2.24) is 4.90 Å². The minimum absolute atomic E-state index is 0.252. The molecule has 0 bridgehead atoms. The minimum Gasteiger partial charge on any atom is -0.347 e. The van der Waals surface area contributed by atoms with Crippen LogP contribution in [0.3, 0.4) is 0 Å². The summed E-state index contributed by atoms with van der Waals surface area (Å²) in [5, 5.41) is 0. The van der Waals surface area contributed by atoms with Crippen LogP contribution in [0, 0.1) is 17.3 Å². The van der Waals surface area contributed by atoms with Crippen LogP contribution in [0.2, 0.25) is 0 Å². The number of rotatable bonds is 8. The van der Waals surface area contributed by atoms with Gasteiger partial charge in [0.15, 0.2) is 5.79 Å². The Bertz CT molecular complexity index is 368.